The van der Waals surface area contributed by atoms with Crippen molar-refractivity contribution in [2.24, 2.45) is 0 Å². The fourth-order valence-corrected chi connectivity index (χ4v) is 4.62. The molecule has 0 aliphatic heterocycles. The number of H-pyrrole nitrogens is 1. The Morgan fingerprint density at radius 1 is 0.906 bits per heavy atom. The molecule has 0 fully saturated rings. The lowest BCUT2D eigenvalue weighted by molar-refractivity contribution is -0.120. The van der Waals surface area contributed by atoms with E-state index in [4.69, 9.17) is 9.47 Å². The third-order valence-electron chi connectivity index (χ3n) is 5.23. The highest BCUT2D eigenvalue weighted by atomic mass is 32.2. The van der Waals surface area contributed by atoms with Crippen molar-refractivity contribution in [1.82, 2.24) is 10.3 Å². The fourth-order valence-electron chi connectivity index (χ4n) is 3.56. The van der Waals surface area contributed by atoms with Crippen molar-refractivity contribution in [2.75, 3.05) is 26.5 Å². The summed E-state index contributed by atoms with van der Waals surface area (Å²) in [6.45, 7) is 0.598. The van der Waals surface area contributed by atoms with Crippen LogP contribution in [0.1, 0.15) is 5.56 Å². The number of carbonyl (C=O) groups is 1. The molecule has 0 saturated heterocycles. The Kier molecular flexibility index (Phi) is 7.02. The number of hydrogen-bond donors (Lipinski definition) is 2. The van der Waals surface area contributed by atoms with Crippen LogP contribution in [0.3, 0.4) is 0 Å². The van der Waals surface area contributed by atoms with Crippen LogP contribution in [0, 0.1) is 0 Å². The van der Waals surface area contributed by atoms with Crippen molar-refractivity contribution in [2.45, 2.75) is 11.3 Å². The van der Waals surface area contributed by atoms with E-state index in [1.54, 1.807) is 26.0 Å². The van der Waals surface area contributed by atoms with Gasteiger partial charge in [-0.25, -0.2) is 0 Å². The maximum atomic E-state index is 12.3. The van der Waals surface area contributed by atoms with Gasteiger partial charge in [-0.2, -0.15) is 0 Å². The molecule has 0 spiro atoms. The van der Waals surface area contributed by atoms with Gasteiger partial charge in [0.15, 0.2) is 0 Å². The third-order valence-corrected chi connectivity index (χ3v) is 6.35. The summed E-state index contributed by atoms with van der Waals surface area (Å²) >= 11 is 1.75. The highest BCUT2D eigenvalue weighted by Crippen LogP contribution is 2.38. The number of benzene rings is 3. The molecular formula is C26H26N2O3S. The van der Waals surface area contributed by atoms with Crippen LogP contribution in [-0.2, 0) is 11.2 Å². The number of methoxy groups -OCH3 is 2. The lowest BCUT2D eigenvalue weighted by Gasteiger charge is -2.08. The lowest BCUT2D eigenvalue weighted by Crippen LogP contribution is -2.27. The number of carbonyl (C=O) groups excluding carboxylic acids is 1. The quantitative estimate of drug-likeness (QED) is 0.270. The topological polar surface area (TPSA) is 63.4 Å². The lowest BCUT2D eigenvalue weighted by atomic mass is 10.1. The van der Waals surface area contributed by atoms with Gasteiger partial charge >= 0.3 is 0 Å². The van der Waals surface area contributed by atoms with E-state index in [-0.39, 0.29) is 5.91 Å². The van der Waals surface area contributed by atoms with Gasteiger partial charge in [-0.15, -0.1) is 11.8 Å². The summed E-state index contributed by atoms with van der Waals surface area (Å²) in [5.74, 6) is 2.42. The van der Waals surface area contributed by atoms with Gasteiger partial charge in [-0.3, -0.25) is 4.79 Å². The summed E-state index contributed by atoms with van der Waals surface area (Å²) < 4.78 is 10.4. The first kappa shape index (κ1) is 21.8. The molecule has 164 valence electrons. The second-order valence-corrected chi connectivity index (χ2v) is 8.43. The van der Waals surface area contributed by atoms with E-state index in [2.05, 4.69) is 40.6 Å². The summed E-state index contributed by atoms with van der Waals surface area (Å²) in [5, 5.41) is 4.21. The van der Waals surface area contributed by atoms with Crippen molar-refractivity contribution in [3.8, 4) is 22.8 Å². The largest absolute Gasteiger partial charge is 0.497 e. The standard InChI is InChI=1S/C26H26N2O3S/c1-30-20-11-7-18(8-12-20)17-24(29)27-15-16-32-26-22-5-3-4-6-23(22)28-25(26)19-9-13-21(31-2)14-10-19/h3-14,28H,15-17H2,1-2H3,(H,27,29). The highest BCUT2D eigenvalue weighted by Gasteiger charge is 2.14. The summed E-state index contributed by atoms with van der Waals surface area (Å²) in [4.78, 5) is 17.1. The highest BCUT2D eigenvalue weighted by molar-refractivity contribution is 7.99. The predicted octanol–water partition coefficient (Wildman–Crippen LogP) is 5.30. The molecule has 6 heteroatoms. The molecule has 4 aromatic rings. The molecule has 0 bridgehead atoms. The number of rotatable bonds is 9. The normalized spacial score (nSPS) is 10.8. The zero-order chi connectivity index (χ0) is 22.3. The van der Waals surface area contributed by atoms with Crippen LogP contribution in [0.5, 0.6) is 11.5 Å². The molecule has 0 radical (unpaired) electrons. The first-order valence-electron chi connectivity index (χ1n) is 10.5. The minimum absolute atomic E-state index is 0.0186. The molecule has 0 aliphatic rings. The van der Waals surface area contributed by atoms with Crippen LogP contribution >= 0.6 is 11.8 Å². The summed E-state index contributed by atoms with van der Waals surface area (Å²) in [5.41, 5.74) is 4.26. The number of para-hydroxylation sites is 1. The van der Waals surface area contributed by atoms with Gasteiger partial charge in [0.05, 0.1) is 26.3 Å². The van der Waals surface area contributed by atoms with Gasteiger partial charge in [0.2, 0.25) is 5.91 Å². The Labute approximate surface area is 192 Å². The summed E-state index contributed by atoms with van der Waals surface area (Å²) in [6.07, 6.45) is 0.360. The Bertz CT molecular complexity index is 1180. The molecule has 2 N–H and O–H groups in total. The number of fused-ring (bicyclic) bond motifs is 1. The Balaban J connectivity index is 1.40. The van der Waals surface area contributed by atoms with E-state index in [1.807, 2.05) is 42.5 Å². The number of ether oxygens (including phenoxy) is 2. The van der Waals surface area contributed by atoms with E-state index < -0.39 is 0 Å². The van der Waals surface area contributed by atoms with Gasteiger partial charge < -0.3 is 19.8 Å². The number of thioether (sulfide) groups is 1. The molecule has 5 nitrogen and oxygen atoms in total. The monoisotopic (exact) mass is 446 g/mol. The van der Waals surface area contributed by atoms with Crippen LogP contribution in [0.25, 0.3) is 22.2 Å². The van der Waals surface area contributed by atoms with E-state index in [9.17, 15) is 4.79 Å². The van der Waals surface area contributed by atoms with Gasteiger partial charge in [-0.05, 0) is 53.6 Å². The smallest absolute Gasteiger partial charge is 0.224 e. The first-order valence-corrected chi connectivity index (χ1v) is 11.4. The maximum absolute atomic E-state index is 12.3. The van der Waals surface area contributed by atoms with Gasteiger partial charge in [0.25, 0.3) is 0 Å². The second-order valence-electron chi connectivity index (χ2n) is 7.33. The predicted molar refractivity (Wildman–Crippen MR) is 131 cm³/mol. The van der Waals surface area contributed by atoms with Crippen molar-refractivity contribution >= 4 is 28.6 Å². The molecule has 4 rings (SSSR count). The van der Waals surface area contributed by atoms with Crippen LogP contribution in [0.2, 0.25) is 0 Å². The van der Waals surface area contributed by atoms with Crippen molar-refractivity contribution in [1.29, 1.82) is 0 Å². The van der Waals surface area contributed by atoms with Gasteiger partial charge in [-0.1, -0.05) is 30.3 Å². The second kappa shape index (κ2) is 10.3. The SMILES string of the molecule is COc1ccc(CC(=O)NCCSc2c(-c3ccc(OC)cc3)[nH]c3ccccc23)cc1. The first-order chi connectivity index (χ1) is 15.7. The van der Waals surface area contributed by atoms with Crippen LogP contribution in [0.4, 0.5) is 0 Å². The number of nitrogens with one attached hydrogen (secondary N) is 2. The van der Waals surface area contributed by atoms with Crippen LogP contribution in [-0.4, -0.2) is 37.4 Å². The van der Waals surface area contributed by atoms with E-state index in [1.165, 1.54) is 10.3 Å². The Morgan fingerprint density at radius 2 is 1.56 bits per heavy atom. The van der Waals surface area contributed by atoms with Gasteiger partial charge in [0, 0.05) is 28.1 Å². The van der Waals surface area contributed by atoms with Crippen molar-refractivity contribution in [3.05, 3.63) is 78.4 Å². The average Bonchev–Trinajstić information content (AvgIpc) is 3.21. The molecule has 1 heterocycles. The Hall–Kier alpha value is -3.38. The molecule has 0 atom stereocenters. The summed E-state index contributed by atoms with van der Waals surface area (Å²) in [6, 6.07) is 23.9. The van der Waals surface area contributed by atoms with E-state index >= 15 is 0 Å². The molecule has 1 amide bonds. The third kappa shape index (κ3) is 5.08. The van der Waals surface area contributed by atoms with Crippen LogP contribution in [0.15, 0.2) is 77.7 Å². The molecule has 0 unspecified atom stereocenters. The minimum atomic E-state index is 0.0186. The van der Waals surface area contributed by atoms with E-state index in [0.717, 1.165) is 39.6 Å². The molecule has 0 aliphatic carbocycles. The maximum Gasteiger partial charge on any atom is 0.224 e. The van der Waals surface area contributed by atoms with Crippen LogP contribution < -0.4 is 14.8 Å². The summed E-state index contributed by atoms with van der Waals surface area (Å²) in [7, 11) is 3.30. The molecule has 32 heavy (non-hydrogen) atoms. The number of amides is 1. The van der Waals surface area contributed by atoms with E-state index in [0.29, 0.717) is 13.0 Å². The number of hydrogen-bond acceptors (Lipinski definition) is 4. The zero-order valence-corrected chi connectivity index (χ0v) is 19.0. The fraction of sp³-hybridized carbons (Fsp3) is 0.192. The molecular weight excluding hydrogens is 420 g/mol. The minimum Gasteiger partial charge on any atom is -0.497 e. The Morgan fingerprint density at radius 3 is 2.25 bits per heavy atom. The van der Waals surface area contributed by atoms with Gasteiger partial charge in [0.1, 0.15) is 11.5 Å². The number of aromatic amines is 1. The van der Waals surface area contributed by atoms with Crippen molar-refractivity contribution in [3.63, 3.8) is 0 Å². The average molecular weight is 447 g/mol. The zero-order valence-electron chi connectivity index (χ0n) is 18.2. The molecule has 3 aromatic carbocycles. The van der Waals surface area contributed by atoms with Crippen molar-refractivity contribution < 1.29 is 14.3 Å². The molecule has 0 saturated carbocycles. The number of aromatic nitrogens is 1. The molecule has 1 aromatic heterocycles.